The fraction of sp³-hybridized carbons (Fsp3) is 0.533. The van der Waals surface area contributed by atoms with Gasteiger partial charge in [0.1, 0.15) is 42.2 Å². The summed E-state index contributed by atoms with van der Waals surface area (Å²) in [7, 11) is 0. The largest absolute Gasteiger partial charge is 0.492 e. The summed E-state index contributed by atoms with van der Waals surface area (Å²) in [5.41, 5.74) is 1.31. The number of ether oxygens (including phenoxy) is 4. The lowest BCUT2D eigenvalue weighted by Gasteiger charge is -2.35. The number of hydrogen-bond acceptors (Lipinski definition) is 9. The van der Waals surface area contributed by atoms with Gasteiger partial charge in [-0.05, 0) is 31.0 Å². The number of nitrogens with one attached hydrogen (secondary N) is 1. The average molecular weight is 586 g/mol. The lowest BCUT2D eigenvalue weighted by Crippen LogP contribution is -2.49. The van der Waals surface area contributed by atoms with Gasteiger partial charge >= 0.3 is 0 Å². The molecule has 0 radical (unpaired) electrons. The first-order chi connectivity index (χ1) is 20.1. The van der Waals surface area contributed by atoms with Crippen LogP contribution >= 0.6 is 11.6 Å². The standard InChI is InChI=1S/C30H37ClFN5O4/c31-25-16-21(3-4-26(25)32)35-30-29-27(33-20-34-30)17-24(18-28(29)41-22-5-13-38-14-6-22)40-15-11-36-7-9-37(10-8-36)19-23-2-1-12-39-23/h3-4,16-18,20,22-23H,1-2,5-15,19H2,(H,33,34,35). The molecule has 9 nitrogen and oxygen atoms in total. The van der Waals surface area contributed by atoms with E-state index in [0.717, 1.165) is 64.1 Å². The van der Waals surface area contributed by atoms with Crippen LogP contribution in [0.15, 0.2) is 36.7 Å². The molecule has 1 aromatic heterocycles. The van der Waals surface area contributed by atoms with Crippen molar-refractivity contribution >= 4 is 34.0 Å². The molecule has 0 amide bonds. The number of anilines is 2. The van der Waals surface area contributed by atoms with Crippen LogP contribution < -0.4 is 14.8 Å². The van der Waals surface area contributed by atoms with Gasteiger partial charge < -0.3 is 24.3 Å². The van der Waals surface area contributed by atoms with Crippen LogP contribution in [0.25, 0.3) is 10.9 Å². The summed E-state index contributed by atoms with van der Waals surface area (Å²) in [5, 5.41) is 4.02. The van der Waals surface area contributed by atoms with E-state index in [1.165, 1.54) is 31.3 Å². The highest BCUT2D eigenvalue weighted by Gasteiger charge is 2.23. The number of fused-ring (bicyclic) bond motifs is 1. The summed E-state index contributed by atoms with van der Waals surface area (Å²) in [4.78, 5) is 14.0. The molecule has 0 bridgehead atoms. The molecule has 0 saturated carbocycles. The quantitative estimate of drug-likeness (QED) is 0.357. The van der Waals surface area contributed by atoms with Crippen molar-refractivity contribution in [3.05, 3.63) is 47.5 Å². The van der Waals surface area contributed by atoms with Gasteiger partial charge in [-0.2, -0.15) is 0 Å². The van der Waals surface area contributed by atoms with Crippen molar-refractivity contribution in [1.82, 2.24) is 19.8 Å². The fourth-order valence-electron chi connectivity index (χ4n) is 5.65. The Labute approximate surface area is 244 Å². The third-order valence-corrected chi connectivity index (χ3v) is 8.24. The number of rotatable bonds is 10. The molecule has 1 atom stereocenters. The summed E-state index contributed by atoms with van der Waals surface area (Å²) >= 11 is 6.01. The van der Waals surface area contributed by atoms with E-state index < -0.39 is 5.82 Å². The van der Waals surface area contributed by atoms with E-state index in [4.69, 9.17) is 30.5 Å². The van der Waals surface area contributed by atoms with E-state index in [2.05, 4.69) is 25.1 Å². The van der Waals surface area contributed by atoms with Gasteiger partial charge in [0.05, 0.1) is 35.2 Å². The van der Waals surface area contributed by atoms with Crippen molar-refractivity contribution in [3.63, 3.8) is 0 Å². The molecular formula is C30H37ClFN5O4. The Hall–Kier alpha value is -2.76. The monoisotopic (exact) mass is 585 g/mol. The van der Waals surface area contributed by atoms with Crippen LogP contribution in [-0.2, 0) is 9.47 Å². The van der Waals surface area contributed by atoms with Crippen molar-refractivity contribution in [2.45, 2.75) is 37.9 Å². The van der Waals surface area contributed by atoms with Crippen molar-refractivity contribution in [2.75, 3.05) is 71.0 Å². The van der Waals surface area contributed by atoms with Crippen LogP contribution in [0.4, 0.5) is 15.9 Å². The van der Waals surface area contributed by atoms with Crippen LogP contribution in [0.1, 0.15) is 25.7 Å². The summed E-state index contributed by atoms with van der Waals surface area (Å²) in [6, 6.07) is 8.31. The lowest BCUT2D eigenvalue weighted by molar-refractivity contribution is 0.0261. The first-order valence-corrected chi connectivity index (χ1v) is 14.9. The molecule has 1 N–H and O–H groups in total. The minimum atomic E-state index is -0.476. The average Bonchev–Trinajstić information content (AvgIpc) is 3.50. The maximum Gasteiger partial charge on any atom is 0.145 e. The second-order valence-electron chi connectivity index (χ2n) is 10.8. The molecule has 1 unspecified atom stereocenters. The number of nitrogens with zero attached hydrogens (tertiary/aromatic N) is 4. The zero-order chi connectivity index (χ0) is 28.0. The first-order valence-electron chi connectivity index (χ1n) is 14.5. The van der Waals surface area contributed by atoms with E-state index in [0.29, 0.717) is 54.4 Å². The third kappa shape index (κ3) is 7.37. The Balaban J connectivity index is 1.14. The van der Waals surface area contributed by atoms with Gasteiger partial charge in [-0.15, -0.1) is 0 Å². The number of hydrogen-bond donors (Lipinski definition) is 1. The molecule has 2 aromatic carbocycles. The zero-order valence-electron chi connectivity index (χ0n) is 23.2. The van der Waals surface area contributed by atoms with E-state index in [1.807, 2.05) is 12.1 Å². The Morgan fingerprint density at radius 2 is 1.83 bits per heavy atom. The molecule has 0 aliphatic carbocycles. The van der Waals surface area contributed by atoms with Gasteiger partial charge in [0.15, 0.2) is 0 Å². The number of halogens is 2. The van der Waals surface area contributed by atoms with Crippen molar-refractivity contribution < 1.29 is 23.3 Å². The molecule has 3 aliphatic rings. The third-order valence-electron chi connectivity index (χ3n) is 7.95. The van der Waals surface area contributed by atoms with E-state index in [9.17, 15) is 4.39 Å². The molecule has 4 heterocycles. The Kier molecular flexibility index (Phi) is 9.32. The van der Waals surface area contributed by atoms with Gasteiger partial charge in [-0.1, -0.05) is 11.6 Å². The normalized spacial score (nSPS) is 20.9. The van der Waals surface area contributed by atoms with Crippen LogP contribution in [0.2, 0.25) is 5.02 Å². The van der Waals surface area contributed by atoms with Crippen molar-refractivity contribution in [1.29, 1.82) is 0 Å². The van der Waals surface area contributed by atoms with Crippen molar-refractivity contribution in [2.24, 2.45) is 0 Å². The highest BCUT2D eigenvalue weighted by Crippen LogP contribution is 2.37. The minimum absolute atomic E-state index is 0.0152. The maximum atomic E-state index is 13.7. The molecule has 41 heavy (non-hydrogen) atoms. The highest BCUT2D eigenvalue weighted by atomic mass is 35.5. The van der Waals surface area contributed by atoms with Gasteiger partial charge in [-0.3, -0.25) is 9.80 Å². The van der Waals surface area contributed by atoms with Crippen LogP contribution in [0.5, 0.6) is 11.5 Å². The van der Waals surface area contributed by atoms with Gasteiger partial charge in [0, 0.05) is 76.5 Å². The van der Waals surface area contributed by atoms with Gasteiger partial charge in [-0.25, -0.2) is 14.4 Å². The molecule has 3 saturated heterocycles. The second kappa shape index (κ2) is 13.5. The Morgan fingerprint density at radius 1 is 1.00 bits per heavy atom. The van der Waals surface area contributed by atoms with Crippen LogP contribution in [-0.4, -0.2) is 97.7 Å². The van der Waals surface area contributed by atoms with Crippen molar-refractivity contribution in [3.8, 4) is 11.5 Å². The van der Waals surface area contributed by atoms with Crippen LogP contribution in [0.3, 0.4) is 0 Å². The Morgan fingerprint density at radius 3 is 2.61 bits per heavy atom. The predicted octanol–water partition coefficient (Wildman–Crippen LogP) is 4.90. The SMILES string of the molecule is Fc1ccc(Nc2ncnc3cc(OCCN4CCN(CC5CCCO5)CC4)cc(OC4CCOCC4)c23)cc1Cl. The highest BCUT2D eigenvalue weighted by molar-refractivity contribution is 6.31. The second-order valence-corrected chi connectivity index (χ2v) is 11.3. The predicted molar refractivity (Wildman–Crippen MR) is 156 cm³/mol. The summed E-state index contributed by atoms with van der Waals surface area (Å²) in [5.74, 6) is 1.41. The summed E-state index contributed by atoms with van der Waals surface area (Å²) < 4.78 is 37.8. The topological polar surface area (TPSA) is 81.2 Å². The van der Waals surface area contributed by atoms with E-state index >= 15 is 0 Å². The van der Waals surface area contributed by atoms with Gasteiger partial charge in [0.25, 0.3) is 0 Å². The molecule has 3 fully saturated rings. The Bertz CT molecular complexity index is 1310. The summed E-state index contributed by atoms with van der Waals surface area (Å²) in [6.07, 6.45) is 5.89. The molecule has 3 aromatic rings. The van der Waals surface area contributed by atoms with Crippen LogP contribution in [0, 0.1) is 5.82 Å². The fourth-order valence-corrected chi connectivity index (χ4v) is 5.83. The molecular weight excluding hydrogens is 549 g/mol. The molecule has 3 aliphatic heterocycles. The number of piperazine rings is 1. The number of benzene rings is 2. The molecule has 220 valence electrons. The minimum Gasteiger partial charge on any atom is -0.492 e. The molecule has 6 rings (SSSR count). The first kappa shape index (κ1) is 28.4. The lowest BCUT2D eigenvalue weighted by atomic mass is 10.1. The number of aromatic nitrogens is 2. The smallest absolute Gasteiger partial charge is 0.145 e. The van der Waals surface area contributed by atoms with Gasteiger partial charge in [0.2, 0.25) is 0 Å². The molecule has 11 heteroatoms. The summed E-state index contributed by atoms with van der Waals surface area (Å²) in [6.45, 7) is 8.88. The zero-order valence-corrected chi connectivity index (χ0v) is 24.0. The maximum absolute atomic E-state index is 13.7. The van der Waals surface area contributed by atoms with E-state index in [1.54, 1.807) is 6.07 Å². The molecule has 0 spiro atoms. The van der Waals surface area contributed by atoms with E-state index in [-0.39, 0.29) is 11.1 Å².